The predicted molar refractivity (Wildman–Crippen MR) is 117 cm³/mol. The van der Waals surface area contributed by atoms with Crippen molar-refractivity contribution in [1.82, 2.24) is 15.0 Å². The Morgan fingerprint density at radius 2 is 1.77 bits per heavy atom. The van der Waals surface area contributed by atoms with Gasteiger partial charge >= 0.3 is 5.69 Å². The topological polar surface area (TPSA) is 100 Å². The predicted octanol–water partition coefficient (Wildman–Crippen LogP) is 4.16. The quantitative estimate of drug-likeness (QED) is 0.354. The molecule has 1 fully saturated rings. The van der Waals surface area contributed by atoms with E-state index in [1.165, 1.54) is 12.5 Å². The summed E-state index contributed by atoms with van der Waals surface area (Å²) in [6, 6.07) is 11.0. The number of nitrogens with one attached hydrogen (secondary N) is 1. The number of anilines is 4. The maximum atomic E-state index is 11.9. The van der Waals surface area contributed by atoms with Crippen LogP contribution in [0.15, 0.2) is 48.9 Å². The van der Waals surface area contributed by atoms with Crippen molar-refractivity contribution in [3.63, 3.8) is 0 Å². The first-order chi connectivity index (χ1) is 14.5. The molecule has 1 aliphatic heterocycles. The Kier molecular flexibility index (Phi) is 5.82. The number of nitrogens with zero attached hydrogens (tertiary/aromatic N) is 6. The number of benzene rings is 1. The lowest BCUT2D eigenvalue weighted by Crippen LogP contribution is -2.47. The molecule has 0 amide bonds. The fraction of sp³-hybridized carbons (Fsp3) is 0.211. The highest BCUT2D eigenvalue weighted by Crippen LogP contribution is 2.35. The van der Waals surface area contributed by atoms with Gasteiger partial charge in [-0.05, 0) is 30.3 Å². The monoisotopic (exact) mass is 445 g/mol. The maximum absolute atomic E-state index is 11.9. The number of hydrogen-bond acceptors (Lipinski definition) is 8. The molecule has 0 atom stereocenters. The van der Waals surface area contributed by atoms with E-state index in [1.807, 2.05) is 29.2 Å². The first-order valence-corrected chi connectivity index (χ1v) is 9.91. The molecule has 2 aromatic heterocycles. The highest BCUT2D eigenvalue weighted by atomic mass is 35.5. The Bertz CT molecular complexity index is 1070. The second kappa shape index (κ2) is 8.68. The van der Waals surface area contributed by atoms with Crippen LogP contribution in [0.4, 0.5) is 28.7 Å². The van der Waals surface area contributed by atoms with E-state index in [9.17, 15) is 10.1 Å². The summed E-state index contributed by atoms with van der Waals surface area (Å²) in [5.74, 6) is 0.334. The van der Waals surface area contributed by atoms with Crippen LogP contribution < -0.4 is 15.1 Å². The summed E-state index contributed by atoms with van der Waals surface area (Å²) in [5, 5.41) is 15.6. The van der Waals surface area contributed by atoms with Crippen LogP contribution in [-0.4, -0.2) is 46.1 Å². The second-order valence-corrected chi connectivity index (χ2v) is 7.37. The van der Waals surface area contributed by atoms with Gasteiger partial charge in [-0.3, -0.25) is 10.1 Å². The Morgan fingerprint density at radius 3 is 2.47 bits per heavy atom. The Morgan fingerprint density at radius 1 is 1.00 bits per heavy atom. The van der Waals surface area contributed by atoms with Crippen LogP contribution in [0.2, 0.25) is 10.2 Å². The van der Waals surface area contributed by atoms with E-state index < -0.39 is 4.92 Å². The molecule has 0 spiro atoms. The zero-order valence-corrected chi connectivity index (χ0v) is 17.2. The Balaban J connectivity index is 1.57. The summed E-state index contributed by atoms with van der Waals surface area (Å²) in [6.07, 6.45) is 2.84. The van der Waals surface area contributed by atoms with E-state index in [0.29, 0.717) is 36.9 Å². The molecule has 3 aromatic rings. The standard InChI is InChI=1S/C19H17Cl2N7O2/c20-13-3-1-4-14(11-13)26-7-9-27(10-8-26)19-16(28(29)30)18(23-12-24-19)25-15-5-2-6-22-17(15)21/h1-6,11-12H,7-10H2,(H,23,24,25). The lowest BCUT2D eigenvalue weighted by Gasteiger charge is -2.36. The van der Waals surface area contributed by atoms with Crippen LogP contribution in [0.5, 0.6) is 0 Å². The average molecular weight is 446 g/mol. The molecule has 0 saturated carbocycles. The average Bonchev–Trinajstić information content (AvgIpc) is 2.75. The lowest BCUT2D eigenvalue weighted by atomic mass is 10.2. The van der Waals surface area contributed by atoms with Crippen LogP contribution in [0.1, 0.15) is 0 Å². The van der Waals surface area contributed by atoms with Crippen LogP contribution in [0.25, 0.3) is 0 Å². The van der Waals surface area contributed by atoms with Gasteiger partial charge in [-0.25, -0.2) is 15.0 Å². The summed E-state index contributed by atoms with van der Waals surface area (Å²) in [7, 11) is 0. The van der Waals surface area contributed by atoms with E-state index in [-0.39, 0.29) is 22.5 Å². The first kappa shape index (κ1) is 20.1. The highest BCUT2D eigenvalue weighted by Gasteiger charge is 2.29. The highest BCUT2D eigenvalue weighted by molar-refractivity contribution is 6.32. The molecule has 1 aliphatic rings. The summed E-state index contributed by atoms with van der Waals surface area (Å²) in [5.41, 5.74) is 1.25. The van der Waals surface area contributed by atoms with Crippen LogP contribution in [0, 0.1) is 10.1 Å². The molecule has 11 heteroatoms. The number of nitro groups is 1. The fourth-order valence-corrected chi connectivity index (χ4v) is 3.67. The molecule has 1 saturated heterocycles. The Labute approximate surface area is 182 Å². The zero-order chi connectivity index (χ0) is 21.1. The third-order valence-electron chi connectivity index (χ3n) is 4.75. The molecule has 154 valence electrons. The van der Waals surface area contributed by atoms with Gasteiger partial charge < -0.3 is 15.1 Å². The summed E-state index contributed by atoms with van der Waals surface area (Å²) in [4.78, 5) is 27.7. The van der Waals surface area contributed by atoms with E-state index in [2.05, 4.69) is 25.2 Å². The molecular weight excluding hydrogens is 429 g/mol. The van der Waals surface area contributed by atoms with Gasteiger partial charge in [-0.1, -0.05) is 29.3 Å². The van der Waals surface area contributed by atoms with E-state index in [0.717, 1.165) is 5.69 Å². The SMILES string of the molecule is O=[N+]([O-])c1c(Nc2cccnc2Cl)ncnc1N1CCN(c2cccc(Cl)c2)CC1. The number of hydrogen-bond donors (Lipinski definition) is 1. The summed E-state index contributed by atoms with van der Waals surface area (Å²) >= 11 is 12.2. The fourth-order valence-electron chi connectivity index (χ4n) is 3.32. The molecule has 0 radical (unpaired) electrons. The van der Waals surface area contributed by atoms with Crippen molar-refractivity contribution in [3.8, 4) is 0 Å². The minimum absolute atomic E-state index is 0.0668. The van der Waals surface area contributed by atoms with Crippen molar-refractivity contribution in [2.75, 3.05) is 41.3 Å². The van der Waals surface area contributed by atoms with Gasteiger partial charge in [0.15, 0.2) is 5.15 Å². The van der Waals surface area contributed by atoms with Crippen LogP contribution in [-0.2, 0) is 0 Å². The van der Waals surface area contributed by atoms with Gasteiger partial charge in [0.05, 0.1) is 10.6 Å². The van der Waals surface area contributed by atoms with E-state index in [4.69, 9.17) is 23.2 Å². The van der Waals surface area contributed by atoms with Gasteiger partial charge in [-0.2, -0.15) is 0 Å². The molecule has 4 rings (SSSR count). The number of pyridine rings is 1. The minimum atomic E-state index is -0.481. The van der Waals surface area contributed by atoms with Crippen LogP contribution >= 0.6 is 23.2 Å². The molecule has 0 unspecified atom stereocenters. The van der Waals surface area contributed by atoms with Crippen molar-refractivity contribution in [1.29, 1.82) is 0 Å². The van der Waals surface area contributed by atoms with Gasteiger partial charge in [0.1, 0.15) is 6.33 Å². The second-order valence-electron chi connectivity index (χ2n) is 6.57. The molecule has 0 aliphatic carbocycles. The largest absolute Gasteiger partial charge is 0.368 e. The number of piperazine rings is 1. The summed E-state index contributed by atoms with van der Waals surface area (Å²) < 4.78 is 0. The molecule has 1 N–H and O–H groups in total. The third kappa shape index (κ3) is 4.22. The Hall–Kier alpha value is -3.17. The van der Waals surface area contributed by atoms with Crippen LogP contribution in [0.3, 0.4) is 0 Å². The molecule has 1 aromatic carbocycles. The van der Waals surface area contributed by atoms with E-state index >= 15 is 0 Å². The van der Waals surface area contributed by atoms with Gasteiger partial charge in [-0.15, -0.1) is 0 Å². The number of aromatic nitrogens is 3. The molecule has 9 nitrogen and oxygen atoms in total. The third-order valence-corrected chi connectivity index (χ3v) is 5.29. The van der Waals surface area contributed by atoms with Crippen molar-refractivity contribution in [3.05, 3.63) is 69.2 Å². The first-order valence-electron chi connectivity index (χ1n) is 9.15. The zero-order valence-electron chi connectivity index (χ0n) is 15.7. The van der Waals surface area contributed by atoms with E-state index in [1.54, 1.807) is 12.1 Å². The van der Waals surface area contributed by atoms with Gasteiger partial charge in [0.2, 0.25) is 11.6 Å². The minimum Gasteiger partial charge on any atom is -0.368 e. The summed E-state index contributed by atoms with van der Waals surface area (Å²) in [6.45, 7) is 2.49. The van der Waals surface area contributed by atoms with Crippen molar-refractivity contribution in [2.45, 2.75) is 0 Å². The molecular formula is C19H17Cl2N7O2. The van der Waals surface area contributed by atoms with Crippen molar-refractivity contribution >= 4 is 51.9 Å². The van der Waals surface area contributed by atoms with Crippen molar-refractivity contribution < 1.29 is 4.92 Å². The number of halogens is 2. The molecule has 30 heavy (non-hydrogen) atoms. The molecule has 3 heterocycles. The lowest BCUT2D eigenvalue weighted by molar-refractivity contribution is -0.383. The smallest absolute Gasteiger partial charge is 0.353 e. The van der Waals surface area contributed by atoms with Gasteiger partial charge in [0.25, 0.3) is 0 Å². The number of rotatable bonds is 5. The normalized spacial score (nSPS) is 13.9. The molecule has 0 bridgehead atoms. The maximum Gasteiger partial charge on any atom is 0.353 e. The van der Waals surface area contributed by atoms with Gasteiger partial charge in [0, 0.05) is 43.1 Å². The van der Waals surface area contributed by atoms with Crippen molar-refractivity contribution in [2.24, 2.45) is 0 Å².